The van der Waals surface area contributed by atoms with E-state index in [1.165, 1.54) is 4.68 Å². The molecular formula is C13H11Cl3N2O. The van der Waals surface area contributed by atoms with Crippen molar-refractivity contribution in [2.75, 3.05) is 0 Å². The predicted octanol–water partition coefficient (Wildman–Crippen LogP) is 4.77. The molecule has 0 radical (unpaired) electrons. The molecule has 2 rings (SSSR count). The second-order valence-electron chi connectivity index (χ2n) is 4.37. The van der Waals surface area contributed by atoms with Gasteiger partial charge in [0.25, 0.3) is 0 Å². The molecule has 0 saturated heterocycles. The van der Waals surface area contributed by atoms with Crippen molar-refractivity contribution in [3.8, 4) is 5.69 Å². The molecule has 0 N–H and O–H groups in total. The molecule has 0 spiro atoms. The fourth-order valence-electron chi connectivity index (χ4n) is 1.75. The Labute approximate surface area is 126 Å². The van der Waals surface area contributed by atoms with Crippen molar-refractivity contribution in [2.45, 2.75) is 19.8 Å². The maximum Gasteiger partial charge on any atom is 0.155 e. The van der Waals surface area contributed by atoms with Gasteiger partial charge in [-0.2, -0.15) is 5.10 Å². The molecule has 3 nitrogen and oxygen atoms in total. The number of carbonyl (C=O) groups excluding carboxylic acids is 1. The van der Waals surface area contributed by atoms with Crippen LogP contribution in [0.4, 0.5) is 0 Å². The second-order valence-corrected chi connectivity index (χ2v) is 5.54. The number of carbonyl (C=O) groups is 1. The highest BCUT2D eigenvalue weighted by Gasteiger charge is 2.19. The highest BCUT2D eigenvalue weighted by molar-refractivity contribution is 6.42. The number of aldehydes is 1. The molecule has 0 atom stereocenters. The van der Waals surface area contributed by atoms with Crippen molar-refractivity contribution in [1.29, 1.82) is 0 Å². The lowest BCUT2D eigenvalue weighted by atomic mass is 10.1. The second kappa shape index (κ2) is 5.53. The SMILES string of the molecule is CC(C)c1nn(-c2ccc(Cl)c(Cl)c2)c(Cl)c1C=O. The van der Waals surface area contributed by atoms with E-state index in [0.29, 0.717) is 27.0 Å². The Morgan fingerprint density at radius 2 is 1.89 bits per heavy atom. The van der Waals surface area contributed by atoms with Crippen LogP contribution in [-0.2, 0) is 0 Å². The molecule has 0 bridgehead atoms. The zero-order valence-corrected chi connectivity index (χ0v) is 12.6. The molecule has 0 saturated carbocycles. The molecule has 100 valence electrons. The lowest BCUT2D eigenvalue weighted by molar-refractivity contribution is 0.112. The molecule has 19 heavy (non-hydrogen) atoms. The molecule has 0 aliphatic carbocycles. The maximum absolute atomic E-state index is 11.1. The van der Waals surface area contributed by atoms with Crippen LogP contribution in [0.5, 0.6) is 0 Å². The minimum absolute atomic E-state index is 0.0988. The minimum atomic E-state index is 0.0988. The summed E-state index contributed by atoms with van der Waals surface area (Å²) in [4.78, 5) is 11.1. The third-order valence-electron chi connectivity index (χ3n) is 2.70. The minimum Gasteiger partial charge on any atom is -0.298 e. The van der Waals surface area contributed by atoms with Gasteiger partial charge in [0, 0.05) is 0 Å². The van der Waals surface area contributed by atoms with E-state index in [9.17, 15) is 4.79 Å². The largest absolute Gasteiger partial charge is 0.298 e. The molecule has 0 unspecified atom stereocenters. The Morgan fingerprint density at radius 1 is 1.21 bits per heavy atom. The molecule has 1 aromatic heterocycles. The van der Waals surface area contributed by atoms with Crippen molar-refractivity contribution in [2.24, 2.45) is 0 Å². The molecule has 1 aromatic carbocycles. The van der Waals surface area contributed by atoms with E-state index in [4.69, 9.17) is 34.8 Å². The first-order valence-corrected chi connectivity index (χ1v) is 6.78. The van der Waals surface area contributed by atoms with Crippen molar-refractivity contribution in [1.82, 2.24) is 9.78 Å². The molecule has 0 aliphatic rings. The van der Waals surface area contributed by atoms with Gasteiger partial charge in [0.15, 0.2) is 6.29 Å². The summed E-state index contributed by atoms with van der Waals surface area (Å²) in [5.41, 5.74) is 1.73. The Morgan fingerprint density at radius 3 is 2.37 bits per heavy atom. The zero-order valence-electron chi connectivity index (χ0n) is 10.3. The van der Waals surface area contributed by atoms with Gasteiger partial charge in [-0.25, -0.2) is 4.68 Å². The van der Waals surface area contributed by atoms with Crippen LogP contribution >= 0.6 is 34.8 Å². The van der Waals surface area contributed by atoms with Gasteiger partial charge in [-0.15, -0.1) is 0 Å². The average Bonchev–Trinajstić information content (AvgIpc) is 2.70. The number of hydrogen-bond donors (Lipinski definition) is 0. The van der Waals surface area contributed by atoms with E-state index in [1.54, 1.807) is 18.2 Å². The summed E-state index contributed by atoms with van der Waals surface area (Å²) in [6.45, 7) is 3.90. The number of aromatic nitrogens is 2. The van der Waals surface area contributed by atoms with E-state index < -0.39 is 0 Å². The van der Waals surface area contributed by atoms with Crippen molar-refractivity contribution >= 4 is 41.1 Å². The smallest absolute Gasteiger partial charge is 0.155 e. The average molecular weight is 318 g/mol. The van der Waals surface area contributed by atoms with Gasteiger partial charge in [0.1, 0.15) is 5.15 Å². The van der Waals surface area contributed by atoms with Crippen LogP contribution in [0.2, 0.25) is 15.2 Å². The Balaban J connectivity index is 2.62. The number of nitrogens with zero attached hydrogens (tertiary/aromatic N) is 2. The van der Waals surface area contributed by atoms with Crippen LogP contribution in [0.3, 0.4) is 0 Å². The number of rotatable bonds is 3. The van der Waals surface area contributed by atoms with Crippen LogP contribution in [0, 0.1) is 0 Å². The van der Waals surface area contributed by atoms with Crippen molar-refractivity contribution < 1.29 is 4.79 Å². The number of hydrogen-bond acceptors (Lipinski definition) is 2. The molecule has 0 aliphatic heterocycles. The van der Waals surface area contributed by atoms with Gasteiger partial charge in [-0.1, -0.05) is 48.7 Å². The Bertz CT molecular complexity index is 635. The Kier molecular flexibility index (Phi) is 4.19. The number of benzene rings is 1. The normalized spacial score (nSPS) is 11.1. The lowest BCUT2D eigenvalue weighted by Gasteiger charge is -2.04. The zero-order chi connectivity index (χ0) is 14.2. The van der Waals surface area contributed by atoms with Gasteiger partial charge >= 0.3 is 0 Å². The summed E-state index contributed by atoms with van der Waals surface area (Å²) < 4.78 is 1.49. The number of halogens is 3. The first-order valence-electron chi connectivity index (χ1n) is 5.64. The molecular weight excluding hydrogens is 307 g/mol. The van der Waals surface area contributed by atoms with Gasteiger partial charge in [-0.3, -0.25) is 4.79 Å². The van der Waals surface area contributed by atoms with Gasteiger partial charge in [-0.05, 0) is 24.1 Å². The van der Waals surface area contributed by atoms with Crippen LogP contribution in [-0.4, -0.2) is 16.1 Å². The van der Waals surface area contributed by atoms with E-state index >= 15 is 0 Å². The fourth-order valence-corrected chi connectivity index (χ4v) is 2.32. The molecule has 6 heteroatoms. The van der Waals surface area contributed by atoms with Crippen LogP contribution in [0.15, 0.2) is 18.2 Å². The van der Waals surface area contributed by atoms with E-state index in [2.05, 4.69) is 5.10 Å². The molecule has 2 aromatic rings. The monoisotopic (exact) mass is 316 g/mol. The summed E-state index contributed by atoms with van der Waals surface area (Å²) in [6.07, 6.45) is 0.721. The Hall–Kier alpha value is -1.03. The third kappa shape index (κ3) is 2.64. The van der Waals surface area contributed by atoms with E-state index in [-0.39, 0.29) is 11.1 Å². The topological polar surface area (TPSA) is 34.9 Å². The first-order chi connectivity index (χ1) is 8.95. The summed E-state index contributed by atoms with van der Waals surface area (Å²) in [7, 11) is 0. The first kappa shape index (κ1) is 14.4. The summed E-state index contributed by atoms with van der Waals surface area (Å²) in [5, 5.41) is 5.51. The molecule has 1 heterocycles. The van der Waals surface area contributed by atoms with Crippen molar-refractivity contribution in [3.63, 3.8) is 0 Å². The lowest BCUT2D eigenvalue weighted by Crippen LogP contribution is -1.98. The van der Waals surface area contributed by atoms with Crippen molar-refractivity contribution in [3.05, 3.63) is 44.7 Å². The van der Waals surface area contributed by atoms with Gasteiger partial charge in [0.05, 0.1) is 27.0 Å². The fraction of sp³-hybridized carbons (Fsp3) is 0.231. The quantitative estimate of drug-likeness (QED) is 0.764. The standard InChI is InChI=1S/C13H11Cl3N2O/c1-7(2)12-9(6-19)13(16)18(17-12)8-3-4-10(14)11(15)5-8/h3-7H,1-2H3. The van der Waals surface area contributed by atoms with E-state index in [0.717, 1.165) is 6.29 Å². The summed E-state index contributed by atoms with van der Waals surface area (Å²) in [5.74, 6) is 0.0988. The predicted molar refractivity (Wildman–Crippen MR) is 78.1 cm³/mol. The van der Waals surface area contributed by atoms with Gasteiger partial charge < -0.3 is 0 Å². The molecule has 0 amide bonds. The third-order valence-corrected chi connectivity index (χ3v) is 3.81. The maximum atomic E-state index is 11.1. The highest BCUT2D eigenvalue weighted by atomic mass is 35.5. The van der Waals surface area contributed by atoms with Crippen LogP contribution in [0.1, 0.15) is 35.8 Å². The summed E-state index contributed by atoms with van der Waals surface area (Å²) in [6, 6.07) is 5.06. The van der Waals surface area contributed by atoms with Gasteiger partial charge in [0.2, 0.25) is 0 Å². The van der Waals surface area contributed by atoms with Crippen LogP contribution < -0.4 is 0 Å². The van der Waals surface area contributed by atoms with Crippen LogP contribution in [0.25, 0.3) is 5.69 Å². The molecule has 0 fully saturated rings. The summed E-state index contributed by atoms with van der Waals surface area (Å²) >= 11 is 18.0. The highest BCUT2D eigenvalue weighted by Crippen LogP contribution is 2.29. The van der Waals surface area contributed by atoms with E-state index in [1.807, 2.05) is 13.8 Å².